The lowest BCUT2D eigenvalue weighted by Crippen LogP contribution is -2.06. The highest BCUT2D eigenvalue weighted by Gasteiger charge is 2.34. The first kappa shape index (κ1) is 14.6. The van der Waals surface area contributed by atoms with Crippen LogP contribution in [0.25, 0.3) is 11.3 Å². The Morgan fingerprint density at radius 2 is 1.96 bits per heavy atom. The molecular formula is C18H13FN2O4. The molecule has 0 saturated carbocycles. The van der Waals surface area contributed by atoms with Crippen molar-refractivity contribution in [3.8, 4) is 0 Å². The summed E-state index contributed by atoms with van der Waals surface area (Å²) in [5.41, 5.74) is 3.51. The van der Waals surface area contributed by atoms with Gasteiger partial charge in [-0.15, -0.1) is 0 Å². The second-order valence-corrected chi connectivity index (χ2v) is 5.94. The molecular weight excluding hydrogens is 327 g/mol. The summed E-state index contributed by atoms with van der Waals surface area (Å²) in [7, 11) is 0. The molecule has 0 bridgehead atoms. The summed E-state index contributed by atoms with van der Waals surface area (Å²) in [4.78, 5) is 16.9. The van der Waals surface area contributed by atoms with E-state index in [2.05, 4.69) is 10.3 Å². The molecule has 1 saturated heterocycles. The van der Waals surface area contributed by atoms with Crippen LogP contribution in [0.4, 0.5) is 10.1 Å². The Balaban J connectivity index is 1.61. The fourth-order valence-corrected chi connectivity index (χ4v) is 3.29. The van der Waals surface area contributed by atoms with Crippen LogP contribution in [0.5, 0.6) is 0 Å². The molecule has 0 atom stereocenters. The maximum atomic E-state index is 13.6. The van der Waals surface area contributed by atoms with E-state index in [0.717, 1.165) is 5.56 Å². The van der Waals surface area contributed by atoms with Crippen molar-refractivity contribution >= 4 is 22.9 Å². The van der Waals surface area contributed by atoms with Crippen molar-refractivity contribution in [3.05, 3.63) is 58.7 Å². The fraction of sp³-hybridized carbons (Fsp3) is 0.222. The summed E-state index contributed by atoms with van der Waals surface area (Å²) in [5, 5.41) is 2.73. The van der Waals surface area contributed by atoms with Crippen LogP contribution in [-0.4, -0.2) is 24.1 Å². The number of pyridine rings is 1. The second kappa shape index (κ2) is 5.37. The number of rotatable bonds is 1. The van der Waals surface area contributed by atoms with E-state index < -0.39 is 12.1 Å². The van der Waals surface area contributed by atoms with E-state index in [0.29, 0.717) is 47.2 Å². The summed E-state index contributed by atoms with van der Waals surface area (Å²) < 4.78 is 30.3. The molecule has 126 valence electrons. The highest BCUT2D eigenvalue weighted by molar-refractivity contribution is 6.36. The highest BCUT2D eigenvalue weighted by Crippen LogP contribution is 2.41. The van der Waals surface area contributed by atoms with Crippen molar-refractivity contribution < 1.29 is 23.4 Å². The van der Waals surface area contributed by atoms with Crippen molar-refractivity contribution in [1.29, 1.82) is 0 Å². The number of benzene rings is 1. The van der Waals surface area contributed by atoms with Gasteiger partial charge in [-0.25, -0.2) is 9.37 Å². The number of carbonyl (C=O) groups excluding carboxylic acids is 1. The zero-order valence-electron chi connectivity index (χ0n) is 13.0. The van der Waals surface area contributed by atoms with Crippen LogP contribution >= 0.6 is 0 Å². The molecule has 1 amide bonds. The Bertz CT molecular complexity index is 935. The van der Waals surface area contributed by atoms with E-state index in [1.54, 1.807) is 12.1 Å². The van der Waals surface area contributed by atoms with Gasteiger partial charge in [-0.3, -0.25) is 4.79 Å². The first-order valence-electron chi connectivity index (χ1n) is 7.92. The maximum absolute atomic E-state index is 13.6. The van der Waals surface area contributed by atoms with Crippen LogP contribution in [0.15, 0.2) is 30.3 Å². The van der Waals surface area contributed by atoms with Gasteiger partial charge in [-0.05, 0) is 30.3 Å². The van der Waals surface area contributed by atoms with Gasteiger partial charge in [0.25, 0.3) is 5.91 Å². The lowest BCUT2D eigenvalue weighted by molar-refractivity contribution is -0.110. The van der Waals surface area contributed by atoms with E-state index >= 15 is 0 Å². The molecule has 4 heterocycles. The first-order chi connectivity index (χ1) is 12.2. The Morgan fingerprint density at radius 3 is 2.80 bits per heavy atom. The standard InChI is InChI=1S/C18H13FN2O4/c19-9-1-3-12-11(7-9)15(17(22)21-12)16-10-2-4-13(18-23-5-6-24-18)20-14(10)8-25-16/h1-4,7,18H,5-6,8H2,(H,21,22). The van der Waals surface area contributed by atoms with E-state index in [-0.39, 0.29) is 12.5 Å². The third kappa shape index (κ3) is 2.24. The molecule has 0 spiro atoms. The number of nitrogens with one attached hydrogen (secondary N) is 1. The zero-order valence-corrected chi connectivity index (χ0v) is 13.0. The predicted octanol–water partition coefficient (Wildman–Crippen LogP) is 2.62. The molecule has 5 rings (SSSR count). The molecule has 6 nitrogen and oxygen atoms in total. The van der Waals surface area contributed by atoms with E-state index in [4.69, 9.17) is 14.2 Å². The van der Waals surface area contributed by atoms with Crippen LogP contribution < -0.4 is 5.32 Å². The molecule has 1 aromatic heterocycles. The third-order valence-corrected chi connectivity index (χ3v) is 4.41. The average molecular weight is 340 g/mol. The number of halogens is 1. The smallest absolute Gasteiger partial charge is 0.260 e. The van der Waals surface area contributed by atoms with Crippen molar-refractivity contribution in [1.82, 2.24) is 4.98 Å². The number of fused-ring (bicyclic) bond motifs is 2. The number of carbonyl (C=O) groups is 1. The van der Waals surface area contributed by atoms with Gasteiger partial charge in [0.15, 0.2) is 0 Å². The van der Waals surface area contributed by atoms with Crippen molar-refractivity contribution in [2.45, 2.75) is 12.9 Å². The molecule has 0 aliphatic carbocycles. The minimum atomic E-state index is -0.466. The minimum absolute atomic E-state index is 0.243. The van der Waals surface area contributed by atoms with Gasteiger partial charge in [0.1, 0.15) is 18.2 Å². The number of hydrogen-bond donors (Lipinski definition) is 1. The van der Waals surface area contributed by atoms with Gasteiger partial charge in [-0.2, -0.15) is 0 Å². The fourth-order valence-electron chi connectivity index (χ4n) is 3.29. The normalized spacial score (nSPS) is 21.9. The monoisotopic (exact) mass is 340 g/mol. The zero-order chi connectivity index (χ0) is 17.0. The van der Waals surface area contributed by atoms with Gasteiger partial charge in [0.05, 0.1) is 30.2 Å². The van der Waals surface area contributed by atoms with Crippen LogP contribution in [0.3, 0.4) is 0 Å². The molecule has 3 aliphatic rings. The van der Waals surface area contributed by atoms with Crippen molar-refractivity contribution in [3.63, 3.8) is 0 Å². The Hall–Kier alpha value is -2.77. The van der Waals surface area contributed by atoms with Gasteiger partial charge in [0.2, 0.25) is 6.29 Å². The van der Waals surface area contributed by atoms with E-state index in [1.165, 1.54) is 12.1 Å². The largest absolute Gasteiger partial charge is 0.486 e. The second-order valence-electron chi connectivity index (χ2n) is 5.94. The average Bonchev–Trinajstić information content (AvgIpc) is 3.32. The quantitative estimate of drug-likeness (QED) is 0.808. The molecule has 7 heteroatoms. The maximum Gasteiger partial charge on any atom is 0.260 e. The van der Waals surface area contributed by atoms with Crippen LogP contribution in [0.1, 0.15) is 28.8 Å². The van der Waals surface area contributed by atoms with Gasteiger partial charge >= 0.3 is 0 Å². The number of anilines is 1. The predicted molar refractivity (Wildman–Crippen MR) is 85.5 cm³/mol. The number of amides is 1. The molecule has 1 fully saturated rings. The Kier molecular flexibility index (Phi) is 3.13. The summed E-state index contributed by atoms with van der Waals surface area (Å²) >= 11 is 0. The summed E-state index contributed by atoms with van der Waals surface area (Å²) in [6.07, 6.45) is -0.466. The van der Waals surface area contributed by atoms with Crippen LogP contribution in [-0.2, 0) is 25.6 Å². The molecule has 3 aliphatic heterocycles. The first-order valence-corrected chi connectivity index (χ1v) is 7.92. The summed E-state index contributed by atoms with van der Waals surface area (Å²) in [6, 6.07) is 7.82. The van der Waals surface area contributed by atoms with Crippen LogP contribution in [0, 0.1) is 5.82 Å². The van der Waals surface area contributed by atoms with Gasteiger partial charge < -0.3 is 19.5 Å². The number of nitrogens with zero attached hydrogens (tertiary/aromatic N) is 1. The topological polar surface area (TPSA) is 69.7 Å². The molecule has 1 N–H and O–H groups in total. The Morgan fingerprint density at radius 1 is 1.12 bits per heavy atom. The molecule has 0 radical (unpaired) electrons. The lowest BCUT2D eigenvalue weighted by Gasteiger charge is -2.09. The molecule has 1 aromatic carbocycles. The van der Waals surface area contributed by atoms with E-state index in [1.807, 2.05) is 6.07 Å². The van der Waals surface area contributed by atoms with Crippen molar-refractivity contribution in [2.24, 2.45) is 0 Å². The molecule has 0 unspecified atom stereocenters. The SMILES string of the molecule is O=C1Nc2ccc(F)cc2C1=C1OCc2nc(C3OCCO3)ccc21. The lowest BCUT2D eigenvalue weighted by atomic mass is 10.0. The molecule has 2 aromatic rings. The third-order valence-electron chi connectivity index (χ3n) is 4.41. The number of hydrogen-bond acceptors (Lipinski definition) is 5. The minimum Gasteiger partial charge on any atom is -0.486 e. The van der Waals surface area contributed by atoms with Crippen LogP contribution in [0.2, 0.25) is 0 Å². The summed E-state index contributed by atoms with van der Waals surface area (Å²) in [5.74, 6) is -0.297. The van der Waals surface area contributed by atoms with E-state index in [9.17, 15) is 9.18 Å². The Labute approximate surface area is 142 Å². The summed E-state index contributed by atoms with van der Waals surface area (Å²) in [6.45, 7) is 1.32. The van der Waals surface area contributed by atoms with Gasteiger partial charge in [0, 0.05) is 16.8 Å². The number of ether oxygens (including phenoxy) is 3. The van der Waals surface area contributed by atoms with Crippen molar-refractivity contribution in [2.75, 3.05) is 18.5 Å². The van der Waals surface area contributed by atoms with Gasteiger partial charge in [-0.1, -0.05) is 0 Å². The highest BCUT2D eigenvalue weighted by atomic mass is 19.1. The number of aromatic nitrogens is 1. The molecule has 25 heavy (non-hydrogen) atoms.